The highest BCUT2D eigenvalue weighted by molar-refractivity contribution is 7.92. The van der Waals surface area contributed by atoms with Crippen LogP contribution in [-0.2, 0) is 20.0 Å². The molecule has 3 N–H and O–H groups in total. The third-order valence-corrected chi connectivity index (χ3v) is 7.72. The van der Waals surface area contributed by atoms with Crippen molar-refractivity contribution in [3.05, 3.63) is 96.6 Å². The summed E-state index contributed by atoms with van der Waals surface area (Å²) in [4.78, 5) is 12.4. The molecule has 0 aliphatic heterocycles. The molecule has 0 radical (unpaired) electrons. The van der Waals surface area contributed by atoms with Gasteiger partial charge in [-0.15, -0.1) is 0 Å². The van der Waals surface area contributed by atoms with Crippen molar-refractivity contribution < 1.29 is 21.6 Å². The lowest BCUT2D eigenvalue weighted by molar-refractivity contribution is 0.256. The van der Waals surface area contributed by atoms with Crippen molar-refractivity contribution >= 4 is 48.2 Å². The number of amides is 2. The zero-order valence-electron chi connectivity index (χ0n) is 18.0. The Morgan fingerprint density at radius 2 is 1.24 bits per heavy atom. The average molecular weight is 496 g/mol. The predicted octanol–water partition coefficient (Wildman–Crippen LogP) is 4.46. The molecule has 0 bridgehead atoms. The molecule has 4 aromatic carbocycles. The van der Waals surface area contributed by atoms with E-state index in [0.29, 0.717) is 0 Å². The number of hydrogen-bond donors (Lipinski definition) is 3. The second-order valence-electron chi connectivity index (χ2n) is 7.53. The zero-order chi connectivity index (χ0) is 24.3. The number of aryl methyl sites for hydroxylation is 1. The summed E-state index contributed by atoms with van der Waals surface area (Å²) in [5, 5.41) is 4.05. The van der Waals surface area contributed by atoms with E-state index in [1.807, 2.05) is 35.9 Å². The molecule has 2 amide bonds. The molecule has 0 saturated carbocycles. The van der Waals surface area contributed by atoms with E-state index in [4.69, 9.17) is 0 Å². The van der Waals surface area contributed by atoms with E-state index in [9.17, 15) is 21.6 Å². The first-order chi connectivity index (χ1) is 16.1. The van der Waals surface area contributed by atoms with Crippen molar-refractivity contribution in [3.63, 3.8) is 0 Å². The lowest BCUT2D eigenvalue weighted by Crippen LogP contribution is -2.34. The summed E-state index contributed by atoms with van der Waals surface area (Å²) < 4.78 is 55.3. The molecule has 8 nitrogen and oxygen atoms in total. The molecular formula is C24H21N3O5S2. The molecule has 0 heterocycles. The molecule has 0 spiro atoms. The Bertz CT molecular complexity index is 1580. The van der Waals surface area contributed by atoms with Crippen LogP contribution in [0.5, 0.6) is 0 Å². The number of benzene rings is 4. The molecule has 4 rings (SSSR count). The first-order valence-corrected chi connectivity index (χ1v) is 13.1. The second-order valence-corrected chi connectivity index (χ2v) is 10.9. The Balaban J connectivity index is 1.54. The molecule has 0 aliphatic rings. The number of anilines is 2. The maximum absolute atomic E-state index is 13.0. The summed E-state index contributed by atoms with van der Waals surface area (Å²) in [5.74, 6) is 0. The fourth-order valence-electron chi connectivity index (χ4n) is 3.27. The van der Waals surface area contributed by atoms with Gasteiger partial charge in [-0.05, 0) is 54.1 Å². The van der Waals surface area contributed by atoms with Crippen LogP contribution in [0.4, 0.5) is 16.2 Å². The fraction of sp³-hybridized carbons (Fsp3) is 0.0417. The molecule has 0 aromatic heterocycles. The van der Waals surface area contributed by atoms with Crippen LogP contribution in [0.1, 0.15) is 5.56 Å². The summed E-state index contributed by atoms with van der Waals surface area (Å²) in [6, 6.07) is 23.2. The Hall–Kier alpha value is -3.89. The quantitative estimate of drug-likeness (QED) is 0.365. The summed E-state index contributed by atoms with van der Waals surface area (Å²) in [6.45, 7) is 1.81. The minimum atomic E-state index is -4.11. The number of carbonyl (C=O) groups is 1. The van der Waals surface area contributed by atoms with E-state index < -0.39 is 26.1 Å². The normalized spacial score (nSPS) is 11.7. The molecule has 10 heteroatoms. The number of carbonyl (C=O) groups excluding carboxylic acids is 1. The van der Waals surface area contributed by atoms with Crippen LogP contribution >= 0.6 is 0 Å². The third-order valence-electron chi connectivity index (χ3n) is 5.01. The molecule has 0 aliphatic carbocycles. The van der Waals surface area contributed by atoms with E-state index in [1.165, 1.54) is 30.3 Å². The number of nitrogens with one attached hydrogen (secondary N) is 3. The molecule has 4 aromatic rings. The van der Waals surface area contributed by atoms with Crippen LogP contribution in [0.3, 0.4) is 0 Å². The second kappa shape index (κ2) is 9.16. The van der Waals surface area contributed by atoms with Gasteiger partial charge in [0.1, 0.15) is 0 Å². The van der Waals surface area contributed by atoms with Crippen molar-refractivity contribution in [2.45, 2.75) is 16.7 Å². The Kier molecular flexibility index (Phi) is 6.27. The standard InChI is InChI=1S/C24H21N3O5S2/c1-17-10-13-20(14-11-17)33(29,30)27-24(28)25-22-8-4-5-9-23(22)26-34(31,32)21-15-12-18-6-2-3-7-19(18)16-21/h2-16,26H,1H3,(H2,25,27,28). The van der Waals surface area contributed by atoms with Crippen LogP contribution in [-0.4, -0.2) is 22.9 Å². The van der Waals surface area contributed by atoms with Crippen molar-refractivity contribution in [3.8, 4) is 0 Å². The van der Waals surface area contributed by atoms with Gasteiger partial charge in [-0.2, -0.15) is 0 Å². The number of urea groups is 1. The highest BCUT2D eigenvalue weighted by Gasteiger charge is 2.20. The maximum atomic E-state index is 13.0. The van der Waals surface area contributed by atoms with Gasteiger partial charge in [0, 0.05) is 0 Å². The number of hydrogen-bond acceptors (Lipinski definition) is 5. The van der Waals surface area contributed by atoms with Gasteiger partial charge in [0.25, 0.3) is 20.0 Å². The highest BCUT2D eigenvalue weighted by Crippen LogP contribution is 2.26. The highest BCUT2D eigenvalue weighted by atomic mass is 32.2. The maximum Gasteiger partial charge on any atom is 0.333 e. The van der Waals surface area contributed by atoms with Crippen LogP contribution in [0.2, 0.25) is 0 Å². The van der Waals surface area contributed by atoms with Gasteiger partial charge in [-0.25, -0.2) is 26.4 Å². The predicted molar refractivity (Wildman–Crippen MR) is 132 cm³/mol. The number of rotatable bonds is 6. The largest absolute Gasteiger partial charge is 0.333 e. The summed E-state index contributed by atoms with van der Waals surface area (Å²) in [7, 11) is -8.09. The molecule has 0 unspecified atom stereocenters. The summed E-state index contributed by atoms with van der Waals surface area (Å²) in [5.41, 5.74) is 1.04. The van der Waals surface area contributed by atoms with E-state index >= 15 is 0 Å². The van der Waals surface area contributed by atoms with Crippen molar-refractivity contribution in [2.24, 2.45) is 0 Å². The van der Waals surface area contributed by atoms with E-state index in [2.05, 4.69) is 10.0 Å². The molecule has 34 heavy (non-hydrogen) atoms. The minimum Gasteiger partial charge on any atom is -0.305 e. The van der Waals surface area contributed by atoms with Gasteiger partial charge in [-0.1, -0.05) is 60.2 Å². The van der Waals surface area contributed by atoms with E-state index in [0.717, 1.165) is 16.3 Å². The first kappa shape index (κ1) is 23.3. The Morgan fingerprint density at radius 3 is 1.94 bits per heavy atom. The van der Waals surface area contributed by atoms with Gasteiger partial charge in [0.2, 0.25) is 0 Å². The van der Waals surface area contributed by atoms with Crippen molar-refractivity contribution in [1.29, 1.82) is 0 Å². The number of para-hydroxylation sites is 2. The van der Waals surface area contributed by atoms with Crippen molar-refractivity contribution in [1.82, 2.24) is 4.72 Å². The molecule has 0 fully saturated rings. The van der Waals surface area contributed by atoms with E-state index in [-0.39, 0.29) is 21.2 Å². The molecule has 0 atom stereocenters. The minimum absolute atomic E-state index is 0.0485. The monoisotopic (exact) mass is 495 g/mol. The third kappa shape index (κ3) is 5.19. The van der Waals surface area contributed by atoms with E-state index in [1.54, 1.807) is 36.4 Å². The zero-order valence-corrected chi connectivity index (χ0v) is 19.7. The Labute approximate surface area is 197 Å². The van der Waals surface area contributed by atoms with Gasteiger partial charge in [0.05, 0.1) is 21.2 Å². The van der Waals surface area contributed by atoms with Gasteiger partial charge in [-0.3, -0.25) is 4.72 Å². The topological polar surface area (TPSA) is 121 Å². The SMILES string of the molecule is Cc1ccc(S(=O)(=O)NC(=O)Nc2ccccc2NS(=O)(=O)c2ccc3ccccc3c2)cc1. The molecule has 0 saturated heterocycles. The molecule has 174 valence electrons. The lowest BCUT2D eigenvalue weighted by Gasteiger charge is -2.14. The Morgan fingerprint density at radius 1 is 0.647 bits per heavy atom. The number of sulfonamides is 2. The first-order valence-electron chi connectivity index (χ1n) is 10.2. The summed E-state index contributed by atoms with van der Waals surface area (Å²) >= 11 is 0. The van der Waals surface area contributed by atoms with Crippen LogP contribution in [0.25, 0.3) is 10.8 Å². The average Bonchev–Trinajstić information content (AvgIpc) is 2.80. The fourth-order valence-corrected chi connectivity index (χ4v) is 5.29. The van der Waals surface area contributed by atoms with Crippen molar-refractivity contribution in [2.75, 3.05) is 10.0 Å². The summed E-state index contributed by atoms with van der Waals surface area (Å²) in [6.07, 6.45) is 0. The van der Waals surface area contributed by atoms with Gasteiger partial charge < -0.3 is 5.32 Å². The van der Waals surface area contributed by atoms with Gasteiger partial charge in [0.15, 0.2) is 0 Å². The molecular weight excluding hydrogens is 474 g/mol. The smallest absolute Gasteiger partial charge is 0.305 e. The van der Waals surface area contributed by atoms with Crippen LogP contribution in [0, 0.1) is 6.92 Å². The van der Waals surface area contributed by atoms with Crippen LogP contribution in [0.15, 0.2) is 101 Å². The van der Waals surface area contributed by atoms with Crippen LogP contribution < -0.4 is 14.8 Å². The van der Waals surface area contributed by atoms with Gasteiger partial charge >= 0.3 is 6.03 Å². The number of fused-ring (bicyclic) bond motifs is 1. The lowest BCUT2D eigenvalue weighted by atomic mass is 10.1.